The van der Waals surface area contributed by atoms with Crippen LogP contribution >= 0.6 is 15.9 Å². The summed E-state index contributed by atoms with van der Waals surface area (Å²) in [4.78, 5) is 26.7. The minimum Gasteiger partial charge on any atom is -0.445 e. The van der Waals surface area contributed by atoms with Crippen molar-refractivity contribution >= 4 is 33.4 Å². The summed E-state index contributed by atoms with van der Waals surface area (Å²) in [6.45, 7) is 3.31. The van der Waals surface area contributed by atoms with E-state index in [2.05, 4.69) is 15.9 Å². The van der Waals surface area contributed by atoms with Gasteiger partial charge in [-0.2, -0.15) is 0 Å². The fraction of sp³-hybridized carbons (Fsp3) is 0.280. The highest BCUT2D eigenvalue weighted by Crippen LogP contribution is 2.25. The molecule has 1 aliphatic heterocycles. The molecule has 156 valence electrons. The van der Waals surface area contributed by atoms with E-state index in [1.807, 2.05) is 73.7 Å². The highest BCUT2D eigenvalue weighted by atomic mass is 79.9. The quantitative estimate of drug-likeness (QED) is 0.387. The molecule has 0 radical (unpaired) electrons. The van der Waals surface area contributed by atoms with Crippen LogP contribution in [0.3, 0.4) is 0 Å². The third-order valence-corrected chi connectivity index (χ3v) is 5.66. The summed E-state index contributed by atoms with van der Waals surface area (Å²) in [5.74, 6) is 0.0431. The molecule has 0 aromatic heterocycles. The van der Waals surface area contributed by atoms with E-state index < -0.39 is 0 Å². The second kappa shape index (κ2) is 10.9. The lowest BCUT2D eigenvalue weighted by Gasteiger charge is -2.30. The lowest BCUT2D eigenvalue weighted by molar-refractivity contribution is -0.119. The monoisotopic (exact) mass is 467 g/mol. The van der Waals surface area contributed by atoms with Crippen LogP contribution in [0.25, 0.3) is 5.57 Å². The maximum Gasteiger partial charge on any atom is 0.410 e. The van der Waals surface area contributed by atoms with E-state index >= 15 is 0 Å². The number of amides is 1. The van der Waals surface area contributed by atoms with Crippen molar-refractivity contribution in [2.75, 3.05) is 13.1 Å². The number of piperidine rings is 1. The Morgan fingerprint density at radius 2 is 1.60 bits per heavy atom. The van der Waals surface area contributed by atoms with Crippen molar-refractivity contribution < 1.29 is 14.3 Å². The highest BCUT2D eigenvalue weighted by Gasteiger charge is 2.27. The number of nitrogens with zero attached hydrogens (tertiary/aromatic N) is 1. The van der Waals surface area contributed by atoms with Gasteiger partial charge in [0.1, 0.15) is 6.61 Å². The van der Waals surface area contributed by atoms with Gasteiger partial charge in [0.2, 0.25) is 0 Å². The van der Waals surface area contributed by atoms with Gasteiger partial charge in [0.25, 0.3) is 0 Å². The first-order chi connectivity index (χ1) is 14.5. The third-order valence-electron chi connectivity index (χ3n) is 5.23. The molecule has 2 aromatic carbocycles. The molecule has 1 saturated heterocycles. The van der Waals surface area contributed by atoms with Gasteiger partial charge in [0, 0.05) is 19.0 Å². The van der Waals surface area contributed by atoms with Gasteiger partial charge in [-0.05, 0) is 47.0 Å². The Bertz CT molecular complexity index is 910. The summed E-state index contributed by atoms with van der Waals surface area (Å²) >= 11 is 3.54. The van der Waals surface area contributed by atoms with Crippen LogP contribution in [0.15, 0.2) is 77.3 Å². The van der Waals surface area contributed by atoms with Gasteiger partial charge >= 0.3 is 6.09 Å². The Hall–Kier alpha value is -2.66. The molecule has 1 aliphatic rings. The Labute approximate surface area is 186 Å². The average molecular weight is 468 g/mol. The van der Waals surface area contributed by atoms with E-state index in [-0.39, 0.29) is 24.4 Å². The van der Waals surface area contributed by atoms with E-state index in [1.165, 1.54) is 0 Å². The highest BCUT2D eigenvalue weighted by molar-refractivity contribution is 9.11. The number of allylic oxidation sites excluding steroid dienone is 4. The number of halogens is 1. The number of rotatable bonds is 6. The van der Waals surface area contributed by atoms with Crippen LogP contribution in [0.4, 0.5) is 4.79 Å². The first-order valence-corrected chi connectivity index (χ1v) is 10.9. The first kappa shape index (κ1) is 22.0. The van der Waals surface area contributed by atoms with E-state index in [1.54, 1.807) is 11.0 Å². The molecule has 0 atom stereocenters. The van der Waals surface area contributed by atoms with E-state index in [0.29, 0.717) is 25.9 Å². The average Bonchev–Trinajstić information content (AvgIpc) is 2.79. The molecule has 0 N–H and O–H groups in total. The van der Waals surface area contributed by atoms with Crippen molar-refractivity contribution in [3.8, 4) is 0 Å². The summed E-state index contributed by atoms with van der Waals surface area (Å²) in [5.41, 5.74) is 3.02. The molecule has 0 bridgehead atoms. The number of ketones is 1. The Morgan fingerprint density at radius 1 is 1.00 bits per heavy atom. The molecule has 4 nitrogen and oxygen atoms in total. The van der Waals surface area contributed by atoms with Crippen molar-refractivity contribution in [2.45, 2.75) is 26.4 Å². The van der Waals surface area contributed by atoms with Gasteiger partial charge in [-0.3, -0.25) is 4.79 Å². The first-order valence-electron chi connectivity index (χ1n) is 10.1. The van der Waals surface area contributed by atoms with E-state index in [4.69, 9.17) is 4.74 Å². The van der Waals surface area contributed by atoms with E-state index in [9.17, 15) is 9.59 Å². The van der Waals surface area contributed by atoms with Crippen LogP contribution in [0.2, 0.25) is 0 Å². The predicted octanol–water partition coefficient (Wildman–Crippen LogP) is 5.99. The van der Waals surface area contributed by atoms with Crippen LogP contribution < -0.4 is 0 Å². The number of likely N-dealkylation sites (tertiary alicyclic amines) is 1. The zero-order chi connectivity index (χ0) is 21.3. The molecule has 1 heterocycles. The number of carbonyl (C=O) groups is 2. The molecule has 0 saturated carbocycles. The summed E-state index contributed by atoms with van der Waals surface area (Å²) in [6, 6.07) is 19.6. The maximum absolute atomic E-state index is 12.7. The molecule has 3 rings (SSSR count). The fourth-order valence-corrected chi connectivity index (χ4v) is 3.85. The molecule has 2 aromatic rings. The number of ether oxygens (including phenoxy) is 1. The maximum atomic E-state index is 12.7. The molecule has 0 unspecified atom stereocenters. The van der Waals surface area contributed by atoms with Crippen LogP contribution in [0.5, 0.6) is 0 Å². The molecule has 0 aliphatic carbocycles. The molecule has 5 heteroatoms. The minimum atomic E-state index is -0.315. The number of benzene rings is 2. The second-order valence-electron chi connectivity index (χ2n) is 7.35. The van der Waals surface area contributed by atoms with Gasteiger partial charge in [-0.25, -0.2) is 4.79 Å². The van der Waals surface area contributed by atoms with Crippen LogP contribution in [0, 0.1) is 5.92 Å². The third kappa shape index (κ3) is 6.17. The van der Waals surface area contributed by atoms with Crippen molar-refractivity contribution in [3.63, 3.8) is 0 Å². The fourth-order valence-electron chi connectivity index (χ4n) is 3.49. The van der Waals surface area contributed by atoms with Crippen LogP contribution in [-0.4, -0.2) is 29.9 Å². The topological polar surface area (TPSA) is 46.6 Å². The zero-order valence-corrected chi connectivity index (χ0v) is 18.7. The summed E-state index contributed by atoms with van der Waals surface area (Å²) in [6.07, 6.45) is 4.54. The van der Waals surface area contributed by atoms with Crippen molar-refractivity contribution in [1.29, 1.82) is 0 Å². The lowest BCUT2D eigenvalue weighted by atomic mass is 9.92. The number of hydrogen-bond donors (Lipinski definition) is 0. The standard InChI is InChI=1S/C25H26BrNO3/c1-19(26)23(21-10-6-3-7-11-21)12-13-24(28)22-14-16-27(17-15-22)25(29)30-18-20-8-4-2-5-9-20/h2-13,22H,14-18H2,1H3/b13-12+,23-19+. The largest absolute Gasteiger partial charge is 0.445 e. The van der Waals surface area contributed by atoms with Gasteiger partial charge in [0.15, 0.2) is 5.78 Å². The Balaban J connectivity index is 1.50. The molecule has 1 amide bonds. The summed E-state index contributed by atoms with van der Waals surface area (Å²) < 4.78 is 6.37. The Kier molecular flexibility index (Phi) is 8.03. The SMILES string of the molecule is C/C(Br)=C(/C=C/C(=O)C1CCN(C(=O)OCc2ccccc2)CC1)c1ccccc1. The van der Waals surface area contributed by atoms with Gasteiger partial charge in [0.05, 0.1) is 0 Å². The number of hydrogen-bond acceptors (Lipinski definition) is 3. The van der Waals surface area contributed by atoms with Crippen molar-refractivity contribution in [3.05, 3.63) is 88.4 Å². The smallest absolute Gasteiger partial charge is 0.410 e. The normalized spacial score (nSPS) is 15.7. The molecule has 1 fully saturated rings. The zero-order valence-electron chi connectivity index (χ0n) is 17.1. The lowest BCUT2D eigenvalue weighted by Crippen LogP contribution is -2.40. The molecular weight excluding hydrogens is 442 g/mol. The van der Waals surface area contributed by atoms with Gasteiger partial charge in [-0.1, -0.05) is 82.7 Å². The Morgan fingerprint density at radius 3 is 2.20 bits per heavy atom. The predicted molar refractivity (Wildman–Crippen MR) is 123 cm³/mol. The van der Waals surface area contributed by atoms with Crippen molar-refractivity contribution in [2.24, 2.45) is 5.92 Å². The van der Waals surface area contributed by atoms with Crippen molar-refractivity contribution in [1.82, 2.24) is 4.90 Å². The minimum absolute atomic E-state index is 0.0629. The van der Waals surface area contributed by atoms with E-state index in [0.717, 1.165) is 21.2 Å². The van der Waals surface area contributed by atoms with Crippen LogP contribution in [0.1, 0.15) is 30.9 Å². The molecule has 0 spiro atoms. The second-order valence-corrected chi connectivity index (χ2v) is 8.54. The van der Waals surface area contributed by atoms with Crippen LogP contribution in [-0.2, 0) is 16.1 Å². The summed E-state index contributed by atoms with van der Waals surface area (Å²) in [5, 5.41) is 0. The van der Waals surface area contributed by atoms with Gasteiger partial charge < -0.3 is 9.64 Å². The van der Waals surface area contributed by atoms with Gasteiger partial charge in [-0.15, -0.1) is 0 Å². The summed E-state index contributed by atoms with van der Waals surface area (Å²) in [7, 11) is 0. The molecular formula is C25H26BrNO3. The number of carbonyl (C=O) groups excluding carboxylic acids is 2. The molecule has 30 heavy (non-hydrogen) atoms.